The summed E-state index contributed by atoms with van der Waals surface area (Å²) in [6, 6.07) is 0. The summed E-state index contributed by atoms with van der Waals surface area (Å²) in [5, 5.41) is 10.3. The van der Waals surface area contributed by atoms with Crippen LogP contribution < -0.4 is 4.74 Å². The third-order valence-electron chi connectivity index (χ3n) is 6.57. The van der Waals surface area contributed by atoms with Crippen LogP contribution in [0.1, 0.15) is 42.0 Å². The van der Waals surface area contributed by atoms with Gasteiger partial charge in [0.1, 0.15) is 11.5 Å². The van der Waals surface area contributed by atoms with Crippen molar-refractivity contribution in [3.8, 4) is 11.5 Å². The second kappa shape index (κ2) is 5.15. The predicted molar refractivity (Wildman–Crippen MR) is 97.4 cm³/mol. The third-order valence-corrected chi connectivity index (χ3v) is 8.52. The highest BCUT2D eigenvalue weighted by atomic mass is 32.2. The van der Waals surface area contributed by atoms with Crippen molar-refractivity contribution in [3.63, 3.8) is 0 Å². The molecular formula is C19H25NO5S. The van der Waals surface area contributed by atoms with Gasteiger partial charge in [-0.1, -0.05) is 0 Å². The number of rotatable bonds is 1. The fourth-order valence-electron chi connectivity index (χ4n) is 4.62. The van der Waals surface area contributed by atoms with Crippen molar-refractivity contribution < 1.29 is 23.1 Å². The van der Waals surface area contributed by atoms with Gasteiger partial charge in [0.25, 0.3) is 5.91 Å². The van der Waals surface area contributed by atoms with Crippen LogP contribution in [0.15, 0.2) is 0 Å². The van der Waals surface area contributed by atoms with E-state index in [9.17, 15) is 18.3 Å². The van der Waals surface area contributed by atoms with E-state index < -0.39 is 21.0 Å². The summed E-state index contributed by atoms with van der Waals surface area (Å²) in [5.74, 6) is 1.01. The predicted octanol–water partition coefficient (Wildman–Crippen LogP) is 1.80. The van der Waals surface area contributed by atoms with Crippen LogP contribution in [0.25, 0.3) is 0 Å². The van der Waals surface area contributed by atoms with E-state index in [2.05, 4.69) is 0 Å². The molecule has 4 rings (SSSR count). The Hall–Kier alpha value is -1.76. The monoisotopic (exact) mass is 379 g/mol. The highest BCUT2D eigenvalue weighted by Crippen LogP contribution is 2.47. The van der Waals surface area contributed by atoms with Gasteiger partial charge in [0, 0.05) is 18.5 Å². The molecule has 1 N–H and O–H groups in total. The number of sulfone groups is 1. The molecule has 1 spiro atoms. The number of phenolic OH excluding ortho intramolecular Hbond substituents is 1. The van der Waals surface area contributed by atoms with Crippen molar-refractivity contribution in [1.29, 1.82) is 0 Å². The molecule has 3 aliphatic heterocycles. The van der Waals surface area contributed by atoms with Gasteiger partial charge in [-0.2, -0.15) is 0 Å². The Morgan fingerprint density at radius 2 is 1.77 bits per heavy atom. The molecule has 0 bridgehead atoms. The molecule has 26 heavy (non-hydrogen) atoms. The molecule has 1 aromatic rings. The number of fused-ring (bicyclic) bond motifs is 1. The van der Waals surface area contributed by atoms with Crippen LogP contribution in [-0.4, -0.2) is 53.5 Å². The minimum absolute atomic E-state index is 0.0729. The maximum atomic E-state index is 13.2. The molecular weight excluding hydrogens is 354 g/mol. The summed E-state index contributed by atoms with van der Waals surface area (Å²) in [6.07, 6.45) is 1.91. The summed E-state index contributed by atoms with van der Waals surface area (Å²) < 4.78 is 29.5. The van der Waals surface area contributed by atoms with Crippen LogP contribution in [0.2, 0.25) is 0 Å². The molecule has 3 aliphatic rings. The lowest BCUT2D eigenvalue weighted by atomic mass is 9.82. The number of hydrogen-bond acceptors (Lipinski definition) is 5. The topological polar surface area (TPSA) is 83.9 Å². The number of carbonyl (C=O) groups is 1. The van der Waals surface area contributed by atoms with Crippen molar-refractivity contribution in [2.45, 2.75) is 58.1 Å². The minimum Gasteiger partial charge on any atom is -0.507 e. The SMILES string of the molecule is Cc1c(C)c2c(c(C)c1O)CCC(C)(C(=O)N1CCC13CS(=O)(=O)C3)O2. The fraction of sp³-hybridized carbons (Fsp3) is 0.632. The summed E-state index contributed by atoms with van der Waals surface area (Å²) >= 11 is 0. The lowest BCUT2D eigenvalue weighted by Crippen LogP contribution is -2.76. The summed E-state index contributed by atoms with van der Waals surface area (Å²) in [5.41, 5.74) is 1.89. The molecule has 7 heteroatoms. The Morgan fingerprint density at radius 3 is 2.31 bits per heavy atom. The van der Waals surface area contributed by atoms with E-state index in [0.29, 0.717) is 30.9 Å². The van der Waals surface area contributed by atoms with Gasteiger partial charge >= 0.3 is 0 Å². The van der Waals surface area contributed by atoms with Gasteiger partial charge in [-0.25, -0.2) is 8.42 Å². The van der Waals surface area contributed by atoms with Gasteiger partial charge in [0.2, 0.25) is 0 Å². The van der Waals surface area contributed by atoms with E-state index in [1.165, 1.54) is 0 Å². The number of amides is 1. The Balaban J connectivity index is 1.65. The summed E-state index contributed by atoms with van der Waals surface area (Å²) in [4.78, 5) is 15.0. The lowest BCUT2D eigenvalue weighted by molar-refractivity contribution is -0.162. The molecule has 142 valence electrons. The number of benzene rings is 1. The van der Waals surface area contributed by atoms with Crippen LogP contribution in [0.4, 0.5) is 0 Å². The van der Waals surface area contributed by atoms with Crippen molar-refractivity contribution >= 4 is 15.7 Å². The Bertz CT molecular complexity index is 924. The maximum absolute atomic E-state index is 13.2. The van der Waals surface area contributed by atoms with E-state index in [-0.39, 0.29) is 17.4 Å². The fourth-order valence-corrected chi connectivity index (χ4v) is 6.77. The Kier molecular flexibility index (Phi) is 3.50. The van der Waals surface area contributed by atoms with Gasteiger partial charge in [-0.05, 0) is 57.2 Å². The smallest absolute Gasteiger partial charge is 0.267 e. The molecule has 1 amide bonds. The first kappa shape index (κ1) is 17.6. The highest BCUT2D eigenvalue weighted by Gasteiger charge is 2.61. The van der Waals surface area contributed by atoms with E-state index in [1.807, 2.05) is 20.8 Å². The van der Waals surface area contributed by atoms with Crippen molar-refractivity contribution in [2.24, 2.45) is 0 Å². The molecule has 0 saturated carbocycles. The van der Waals surface area contributed by atoms with Crippen LogP contribution >= 0.6 is 0 Å². The maximum Gasteiger partial charge on any atom is 0.267 e. The number of carbonyl (C=O) groups excluding carboxylic acids is 1. The molecule has 3 heterocycles. The molecule has 1 aromatic carbocycles. The summed E-state index contributed by atoms with van der Waals surface area (Å²) in [7, 11) is -3.00. The van der Waals surface area contributed by atoms with Crippen molar-refractivity contribution in [2.75, 3.05) is 18.1 Å². The number of likely N-dealkylation sites (tertiary alicyclic amines) is 1. The molecule has 2 saturated heterocycles. The van der Waals surface area contributed by atoms with Gasteiger partial charge in [0.05, 0.1) is 17.0 Å². The molecule has 0 aliphatic carbocycles. The quantitative estimate of drug-likeness (QED) is 0.804. The number of nitrogens with zero attached hydrogens (tertiary/aromatic N) is 1. The Labute approximate surface area is 154 Å². The average Bonchev–Trinajstić information content (AvgIpc) is 2.54. The average molecular weight is 379 g/mol. The van der Waals surface area contributed by atoms with E-state index in [0.717, 1.165) is 28.7 Å². The minimum atomic E-state index is -3.00. The van der Waals surface area contributed by atoms with Gasteiger partial charge in [-0.15, -0.1) is 0 Å². The molecule has 2 fully saturated rings. The standard InChI is InChI=1S/C19H25NO5S/c1-11-12(2)16-14(13(3)15(11)21)5-6-18(4,25-16)17(22)20-8-7-19(20)9-26(23,24)10-19/h21H,5-10H2,1-4H3. The van der Waals surface area contributed by atoms with Gasteiger partial charge in [0.15, 0.2) is 15.4 Å². The zero-order valence-corrected chi connectivity index (χ0v) is 16.5. The van der Waals surface area contributed by atoms with Crippen LogP contribution in [0.3, 0.4) is 0 Å². The summed E-state index contributed by atoms with van der Waals surface area (Å²) in [6.45, 7) is 8.01. The van der Waals surface area contributed by atoms with Crippen molar-refractivity contribution in [1.82, 2.24) is 4.90 Å². The van der Waals surface area contributed by atoms with Gasteiger partial charge < -0.3 is 14.7 Å². The van der Waals surface area contributed by atoms with Gasteiger partial charge in [-0.3, -0.25) is 4.79 Å². The van der Waals surface area contributed by atoms with E-state index >= 15 is 0 Å². The first-order valence-electron chi connectivity index (χ1n) is 9.03. The molecule has 1 unspecified atom stereocenters. The molecule has 0 aromatic heterocycles. The van der Waals surface area contributed by atoms with Crippen molar-refractivity contribution in [3.05, 3.63) is 22.3 Å². The van der Waals surface area contributed by atoms with Crippen LogP contribution in [0.5, 0.6) is 11.5 Å². The second-order valence-corrected chi connectivity index (χ2v) is 10.4. The lowest BCUT2D eigenvalue weighted by Gasteiger charge is -2.59. The zero-order valence-electron chi connectivity index (χ0n) is 15.7. The second-order valence-electron chi connectivity index (χ2n) is 8.33. The number of hydrogen-bond donors (Lipinski definition) is 1. The van der Waals surface area contributed by atoms with E-state index in [4.69, 9.17) is 4.74 Å². The van der Waals surface area contributed by atoms with Crippen LogP contribution in [0, 0.1) is 20.8 Å². The largest absolute Gasteiger partial charge is 0.507 e. The zero-order chi connectivity index (χ0) is 19.1. The van der Waals surface area contributed by atoms with E-state index in [1.54, 1.807) is 11.8 Å². The van der Waals surface area contributed by atoms with Crippen LogP contribution in [-0.2, 0) is 21.1 Å². The molecule has 1 atom stereocenters. The first-order chi connectivity index (χ1) is 12.0. The first-order valence-corrected chi connectivity index (χ1v) is 10.8. The molecule has 6 nitrogen and oxygen atoms in total. The number of aromatic hydroxyl groups is 1. The highest BCUT2D eigenvalue weighted by molar-refractivity contribution is 7.93. The third kappa shape index (κ3) is 2.22. The molecule has 0 radical (unpaired) electrons. The number of phenols is 1. The normalized spacial score (nSPS) is 27.9. The Morgan fingerprint density at radius 1 is 1.12 bits per heavy atom. The number of ether oxygens (including phenoxy) is 1.